The van der Waals surface area contributed by atoms with Gasteiger partial charge in [-0.1, -0.05) is 12.1 Å². The number of likely N-dealkylation sites (tertiary alicyclic amines) is 1. The number of rotatable bonds is 4. The second-order valence-corrected chi connectivity index (χ2v) is 7.87. The van der Waals surface area contributed by atoms with Crippen LogP contribution < -0.4 is 5.32 Å². The quantitative estimate of drug-likeness (QED) is 0.685. The summed E-state index contributed by atoms with van der Waals surface area (Å²) in [5, 5.41) is 3.53. The van der Waals surface area contributed by atoms with Crippen LogP contribution in [0.1, 0.15) is 6.42 Å². The fourth-order valence-electron chi connectivity index (χ4n) is 3.25. The summed E-state index contributed by atoms with van der Waals surface area (Å²) in [7, 11) is 0. The summed E-state index contributed by atoms with van der Waals surface area (Å²) < 4.78 is 38.6. The van der Waals surface area contributed by atoms with Gasteiger partial charge in [0.1, 0.15) is 11.6 Å². The maximum atomic E-state index is 12.5. The molecular weight excluding hydrogens is 403 g/mol. The molecule has 9 heteroatoms. The van der Waals surface area contributed by atoms with Crippen LogP contribution in [0.2, 0.25) is 0 Å². The second-order valence-electron chi connectivity index (χ2n) is 6.84. The molecule has 2 amide bonds. The van der Waals surface area contributed by atoms with E-state index in [1.807, 2.05) is 36.4 Å². The molecule has 0 saturated carbocycles. The smallest absolute Gasteiger partial charge is 0.333 e. The molecule has 5 nitrogen and oxygen atoms in total. The van der Waals surface area contributed by atoms with Gasteiger partial charge in [0.2, 0.25) is 11.8 Å². The molecule has 0 radical (unpaired) electrons. The SMILES string of the molecule is O=C(Nc1ccc(-c2nc3ccccc3s2)cc1)C1CC(=O)N(CC(F)(F)F)C1. The lowest BCUT2D eigenvalue weighted by molar-refractivity contribution is -0.157. The fourth-order valence-corrected chi connectivity index (χ4v) is 4.22. The van der Waals surface area contributed by atoms with Crippen molar-refractivity contribution in [2.75, 3.05) is 18.4 Å². The highest BCUT2D eigenvalue weighted by molar-refractivity contribution is 7.21. The third kappa shape index (κ3) is 4.40. The molecule has 4 rings (SSSR count). The first kappa shape index (κ1) is 19.4. The fraction of sp³-hybridized carbons (Fsp3) is 0.250. The van der Waals surface area contributed by atoms with Crippen molar-refractivity contribution < 1.29 is 22.8 Å². The monoisotopic (exact) mass is 419 g/mol. The molecule has 1 fully saturated rings. The van der Waals surface area contributed by atoms with Crippen molar-refractivity contribution >= 4 is 39.1 Å². The number of aromatic nitrogens is 1. The molecule has 1 unspecified atom stereocenters. The number of nitrogens with one attached hydrogen (secondary N) is 1. The molecule has 2 heterocycles. The summed E-state index contributed by atoms with van der Waals surface area (Å²) >= 11 is 1.56. The standard InChI is InChI=1S/C20H16F3N3O2S/c21-20(22,23)11-26-10-13(9-17(26)27)18(28)24-14-7-5-12(6-8-14)19-25-15-3-1-2-4-16(15)29-19/h1-8,13H,9-11H2,(H,24,28). The summed E-state index contributed by atoms with van der Waals surface area (Å²) in [6.45, 7) is -1.56. The lowest BCUT2D eigenvalue weighted by atomic mass is 10.1. The van der Waals surface area contributed by atoms with E-state index in [9.17, 15) is 22.8 Å². The van der Waals surface area contributed by atoms with E-state index in [4.69, 9.17) is 0 Å². The summed E-state index contributed by atoms with van der Waals surface area (Å²) in [5.74, 6) is -1.92. The van der Waals surface area contributed by atoms with Crippen molar-refractivity contribution in [3.63, 3.8) is 0 Å². The number of carbonyl (C=O) groups excluding carboxylic acids is 2. The van der Waals surface area contributed by atoms with Crippen LogP contribution in [0.3, 0.4) is 0 Å². The van der Waals surface area contributed by atoms with Gasteiger partial charge >= 0.3 is 6.18 Å². The zero-order valence-corrected chi connectivity index (χ0v) is 15.9. The zero-order chi connectivity index (χ0) is 20.6. The Labute approximate surface area is 168 Å². The molecule has 1 aliphatic heterocycles. The first-order valence-corrected chi connectivity index (χ1v) is 9.71. The average Bonchev–Trinajstić information content (AvgIpc) is 3.25. The van der Waals surface area contributed by atoms with Crippen LogP contribution in [0.15, 0.2) is 48.5 Å². The number of carbonyl (C=O) groups is 2. The zero-order valence-electron chi connectivity index (χ0n) is 15.1. The number of amides is 2. The minimum Gasteiger partial charge on any atom is -0.333 e. The molecule has 3 aromatic rings. The van der Waals surface area contributed by atoms with E-state index in [1.54, 1.807) is 23.5 Å². The number of nitrogens with zero attached hydrogens (tertiary/aromatic N) is 2. The summed E-state index contributed by atoms with van der Waals surface area (Å²) in [4.78, 5) is 29.4. The van der Waals surface area contributed by atoms with Crippen molar-refractivity contribution in [2.24, 2.45) is 5.92 Å². The number of halogens is 3. The number of anilines is 1. The Morgan fingerprint density at radius 2 is 1.90 bits per heavy atom. The number of benzene rings is 2. The highest BCUT2D eigenvalue weighted by atomic mass is 32.1. The van der Waals surface area contributed by atoms with Gasteiger partial charge in [0, 0.05) is 24.2 Å². The van der Waals surface area contributed by atoms with Gasteiger partial charge in [0.15, 0.2) is 0 Å². The molecule has 2 aromatic carbocycles. The number of para-hydroxylation sites is 1. The molecular formula is C20H16F3N3O2S. The molecule has 150 valence electrons. The maximum absolute atomic E-state index is 12.5. The van der Waals surface area contributed by atoms with Gasteiger partial charge in [-0.15, -0.1) is 11.3 Å². The van der Waals surface area contributed by atoms with E-state index < -0.39 is 30.5 Å². The summed E-state index contributed by atoms with van der Waals surface area (Å²) in [6.07, 6.45) is -4.69. The van der Waals surface area contributed by atoms with E-state index in [0.717, 1.165) is 20.8 Å². The Hall–Kier alpha value is -2.94. The predicted octanol–water partition coefficient (Wildman–Crippen LogP) is 4.31. The molecule has 1 aromatic heterocycles. The molecule has 1 atom stereocenters. The van der Waals surface area contributed by atoms with Gasteiger partial charge in [-0.3, -0.25) is 9.59 Å². The van der Waals surface area contributed by atoms with Gasteiger partial charge in [-0.05, 0) is 36.4 Å². The van der Waals surface area contributed by atoms with Gasteiger partial charge < -0.3 is 10.2 Å². The summed E-state index contributed by atoms with van der Waals surface area (Å²) in [5.41, 5.74) is 2.33. The van der Waals surface area contributed by atoms with Crippen molar-refractivity contribution in [3.8, 4) is 10.6 Å². The molecule has 1 aliphatic rings. The van der Waals surface area contributed by atoms with Crippen LogP contribution in [-0.4, -0.2) is 41.0 Å². The Bertz CT molecular complexity index is 1030. The van der Waals surface area contributed by atoms with Crippen LogP contribution in [0.4, 0.5) is 18.9 Å². The molecule has 1 saturated heterocycles. The molecule has 1 N–H and O–H groups in total. The van der Waals surface area contributed by atoms with Crippen LogP contribution in [0.5, 0.6) is 0 Å². The Balaban J connectivity index is 1.41. The van der Waals surface area contributed by atoms with E-state index in [1.165, 1.54) is 0 Å². The number of hydrogen-bond acceptors (Lipinski definition) is 4. The van der Waals surface area contributed by atoms with Gasteiger partial charge in [-0.25, -0.2) is 4.98 Å². The second kappa shape index (κ2) is 7.47. The Kier molecular flexibility index (Phi) is 4.99. The Morgan fingerprint density at radius 1 is 1.17 bits per heavy atom. The van der Waals surface area contributed by atoms with Crippen molar-refractivity contribution in [2.45, 2.75) is 12.6 Å². The molecule has 29 heavy (non-hydrogen) atoms. The third-order valence-corrected chi connectivity index (χ3v) is 5.73. The molecule has 0 bridgehead atoms. The van der Waals surface area contributed by atoms with Crippen molar-refractivity contribution in [1.82, 2.24) is 9.88 Å². The van der Waals surface area contributed by atoms with Gasteiger partial charge in [0.05, 0.1) is 16.1 Å². The van der Waals surface area contributed by atoms with E-state index >= 15 is 0 Å². The lowest BCUT2D eigenvalue weighted by Gasteiger charge is -2.18. The minimum absolute atomic E-state index is 0.217. The molecule has 0 spiro atoms. The summed E-state index contributed by atoms with van der Waals surface area (Å²) in [6, 6.07) is 14.9. The first-order valence-electron chi connectivity index (χ1n) is 8.90. The topological polar surface area (TPSA) is 62.3 Å². The van der Waals surface area contributed by atoms with Crippen molar-refractivity contribution in [1.29, 1.82) is 0 Å². The van der Waals surface area contributed by atoms with E-state index in [2.05, 4.69) is 10.3 Å². The molecule has 0 aliphatic carbocycles. The number of thiazole rings is 1. The average molecular weight is 419 g/mol. The highest BCUT2D eigenvalue weighted by Gasteiger charge is 2.40. The highest BCUT2D eigenvalue weighted by Crippen LogP contribution is 2.31. The van der Waals surface area contributed by atoms with Gasteiger partial charge in [0.25, 0.3) is 0 Å². The Morgan fingerprint density at radius 3 is 2.59 bits per heavy atom. The maximum Gasteiger partial charge on any atom is 0.406 e. The number of fused-ring (bicyclic) bond motifs is 1. The van der Waals surface area contributed by atoms with Crippen LogP contribution >= 0.6 is 11.3 Å². The van der Waals surface area contributed by atoms with E-state index in [-0.39, 0.29) is 13.0 Å². The lowest BCUT2D eigenvalue weighted by Crippen LogP contribution is -2.36. The van der Waals surface area contributed by atoms with Crippen LogP contribution in [-0.2, 0) is 9.59 Å². The minimum atomic E-state index is -4.47. The predicted molar refractivity (Wildman–Crippen MR) is 104 cm³/mol. The van der Waals surface area contributed by atoms with Crippen LogP contribution in [0, 0.1) is 5.92 Å². The first-order chi connectivity index (χ1) is 13.8. The largest absolute Gasteiger partial charge is 0.406 e. The third-order valence-electron chi connectivity index (χ3n) is 4.65. The number of hydrogen-bond donors (Lipinski definition) is 1. The number of alkyl halides is 3. The van der Waals surface area contributed by atoms with Crippen LogP contribution in [0.25, 0.3) is 20.8 Å². The van der Waals surface area contributed by atoms with Crippen molar-refractivity contribution in [3.05, 3.63) is 48.5 Å². The van der Waals surface area contributed by atoms with E-state index in [0.29, 0.717) is 10.6 Å². The van der Waals surface area contributed by atoms with Gasteiger partial charge in [-0.2, -0.15) is 13.2 Å². The normalized spacial score (nSPS) is 17.1.